The third kappa shape index (κ3) is 3.41. The van der Waals surface area contributed by atoms with E-state index in [9.17, 15) is 4.79 Å². The van der Waals surface area contributed by atoms with E-state index in [0.717, 1.165) is 38.8 Å². The van der Waals surface area contributed by atoms with Crippen molar-refractivity contribution < 1.29 is 4.79 Å². The molecule has 2 saturated heterocycles. The van der Waals surface area contributed by atoms with Gasteiger partial charge in [0, 0.05) is 6.54 Å². The fraction of sp³-hybridized carbons (Fsp3) is 0.929. The first-order chi connectivity index (χ1) is 8.77. The first-order valence-corrected chi connectivity index (χ1v) is 8.53. The summed E-state index contributed by atoms with van der Waals surface area (Å²) >= 11 is 2.04. The minimum absolute atomic E-state index is 0.250. The second kappa shape index (κ2) is 6.80. The van der Waals surface area contributed by atoms with Gasteiger partial charge in [0.05, 0.1) is 5.54 Å². The molecule has 1 unspecified atom stereocenters. The zero-order valence-electron chi connectivity index (χ0n) is 11.5. The Labute approximate surface area is 115 Å². The molecule has 1 amide bonds. The zero-order chi connectivity index (χ0) is 12.8. The van der Waals surface area contributed by atoms with Crippen LogP contribution in [0.5, 0.6) is 0 Å². The Balaban J connectivity index is 1.81. The summed E-state index contributed by atoms with van der Waals surface area (Å²) in [6.45, 7) is 4.04. The maximum Gasteiger partial charge on any atom is 0.240 e. The molecule has 18 heavy (non-hydrogen) atoms. The van der Waals surface area contributed by atoms with Gasteiger partial charge < -0.3 is 10.6 Å². The fourth-order valence-corrected chi connectivity index (χ4v) is 4.31. The van der Waals surface area contributed by atoms with Crippen LogP contribution in [0.15, 0.2) is 0 Å². The van der Waals surface area contributed by atoms with Crippen molar-refractivity contribution in [3.05, 3.63) is 0 Å². The maximum absolute atomic E-state index is 12.4. The number of amides is 1. The minimum atomic E-state index is -0.252. The molecule has 3 nitrogen and oxygen atoms in total. The molecule has 0 radical (unpaired) electrons. The van der Waals surface area contributed by atoms with Crippen molar-refractivity contribution >= 4 is 17.7 Å². The highest BCUT2D eigenvalue weighted by atomic mass is 32.2. The topological polar surface area (TPSA) is 41.1 Å². The summed E-state index contributed by atoms with van der Waals surface area (Å²) in [5, 5.41) is 6.65. The number of hydrogen-bond acceptors (Lipinski definition) is 3. The zero-order valence-corrected chi connectivity index (χ0v) is 12.3. The maximum atomic E-state index is 12.4. The van der Waals surface area contributed by atoms with Gasteiger partial charge in [-0.05, 0) is 56.1 Å². The summed E-state index contributed by atoms with van der Waals surface area (Å²) in [4.78, 5) is 12.4. The molecule has 2 fully saturated rings. The van der Waals surface area contributed by atoms with E-state index in [2.05, 4.69) is 17.6 Å². The standard InChI is InChI=1S/C14H26N2OS/c1-2-6-14(7-3-8-16-14)13(17)15-11-12-4-9-18-10-5-12/h12,16H,2-11H2,1H3,(H,15,17). The van der Waals surface area contributed by atoms with Crippen LogP contribution in [0.1, 0.15) is 45.4 Å². The Hall–Kier alpha value is -0.220. The Morgan fingerprint density at radius 2 is 2.22 bits per heavy atom. The van der Waals surface area contributed by atoms with Crippen LogP contribution >= 0.6 is 11.8 Å². The average Bonchev–Trinajstić information content (AvgIpc) is 2.87. The number of nitrogens with one attached hydrogen (secondary N) is 2. The highest BCUT2D eigenvalue weighted by Crippen LogP contribution is 2.26. The Morgan fingerprint density at radius 3 is 2.83 bits per heavy atom. The molecule has 0 aromatic heterocycles. The van der Waals surface area contributed by atoms with Gasteiger partial charge in [-0.15, -0.1) is 0 Å². The number of carbonyl (C=O) groups excluding carboxylic acids is 1. The van der Waals surface area contributed by atoms with E-state index in [4.69, 9.17) is 0 Å². The molecule has 0 aliphatic carbocycles. The van der Waals surface area contributed by atoms with Crippen LogP contribution in [0.3, 0.4) is 0 Å². The van der Waals surface area contributed by atoms with Crippen molar-refractivity contribution in [1.82, 2.24) is 10.6 Å². The van der Waals surface area contributed by atoms with Crippen LogP contribution in [-0.4, -0.2) is 36.0 Å². The third-order valence-corrected chi connectivity index (χ3v) is 5.30. The quantitative estimate of drug-likeness (QED) is 0.804. The first-order valence-electron chi connectivity index (χ1n) is 7.38. The van der Waals surface area contributed by atoms with Gasteiger partial charge >= 0.3 is 0 Å². The predicted octanol–water partition coefficient (Wildman–Crippen LogP) is 2.17. The number of carbonyl (C=O) groups is 1. The SMILES string of the molecule is CCCC1(C(=O)NCC2CCSCC2)CCCN1. The summed E-state index contributed by atoms with van der Waals surface area (Å²) in [7, 11) is 0. The highest BCUT2D eigenvalue weighted by molar-refractivity contribution is 7.99. The van der Waals surface area contributed by atoms with Crippen molar-refractivity contribution in [1.29, 1.82) is 0 Å². The molecule has 2 aliphatic rings. The van der Waals surface area contributed by atoms with Gasteiger partial charge in [-0.1, -0.05) is 13.3 Å². The molecule has 0 aromatic rings. The summed E-state index contributed by atoms with van der Waals surface area (Å²) < 4.78 is 0. The van der Waals surface area contributed by atoms with Crippen molar-refractivity contribution in [2.75, 3.05) is 24.6 Å². The van der Waals surface area contributed by atoms with E-state index in [-0.39, 0.29) is 11.4 Å². The van der Waals surface area contributed by atoms with E-state index in [0.29, 0.717) is 5.92 Å². The van der Waals surface area contributed by atoms with Gasteiger partial charge in [0.2, 0.25) is 5.91 Å². The van der Waals surface area contributed by atoms with Gasteiger partial charge in [-0.2, -0.15) is 11.8 Å². The summed E-state index contributed by atoms with van der Waals surface area (Å²) in [5.41, 5.74) is -0.252. The molecule has 0 saturated carbocycles. The Kier molecular flexibility index (Phi) is 5.37. The molecule has 2 N–H and O–H groups in total. The van der Waals surface area contributed by atoms with Gasteiger partial charge in [0.25, 0.3) is 0 Å². The van der Waals surface area contributed by atoms with Crippen LogP contribution < -0.4 is 10.6 Å². The van der Waals surface area contributed by atoms with Crippen LogP contribution in [-0.2, 0) is 4.79 Å². The Bertz CT molecular complexity index is 271. The number of thioether (sulfide) groups is 1. The molecule has 2 heterocycles. The fourth-order valence-electron chi connectivity index (χ4n) is 3.11. The summed E-state index contributed by atoms with van der Waals surface area (Å²) in [6.07, 6.45) is 6.71. The predicted molar refractivity (Wildman–Crippen MR) is 77.9 cm³/mol. The van der Waals surface area contributed by atoms with E-state index in [1.54, 1.807) is 0 Å². The molecule has 0 spiro atoms. The van der Waals surface area contributed by atoms with Gasteiger partial charge in [-0.25, -0.2) is 0 Å². The minimum Gasteiger partial charge on any atom is -0.354 e. The van der Waals surface area contributed by atoms with Crippen molar-refractivity contribution in [3.63, 3.8) is 0 Å². The highest BCUT2D eigenvalue weighted by Gasteiger charge is 2.39. The lowest BCUT2D eigenvalue weighted by molar-refractivity contribution is -0.127. The molecule has 0 aromatic carbocycles. The lowest BCUT2D eigenvalue weighted by Gasteiger charge is -2.29. The average molecular weight is 270 g/mol. The molecular weight excluding hydrogens is 244 g/mol. The number of hydrogen-bond donors (Lipinski definition) is 2. The van der Waals surface area contributed by atoms with Crippen molar-refractivity contribution in [3.8, 4) is 0 Å². The van der Waals surface area contributed by atoms with E-state index in [1.807, 2.05) is 11.8 Å². The van der Waals surface area contributed by atoms with Crippen molar-refractivity contribution in [2.24, 2.45) is 5.92 Å². The lowest BCUT2D eigenvalue weighted by atomic mass is 9.90. The molecule has 104 valence electrons. The van der Waals surface area contributed by atoms with E-state index < -0.39 is 0 Å². The van der Waals surface area contributed by atoms with E-state index >= 15 is 0 Å². The van der Waals surface area contributed by atoms with Crippen LogP contribution in [0.4, 0.5) is 0 Å². The van der Waals surface area contributed by atoms with Crippen LogP contribution in [0.2, 0.25) is 0 Å². The van der Waals surface area contributed by atoms with Gasteiger partial charge in [0.1, 0.15) is 0 Å². The second-order valence-electron chi connectivity index (χ2n) is 5.63. The van der Waals surface area contributed by atoms with Crippen LogP contribution in [0.25, 0.3) is 0 Å². The lowest BCUT2D eigenvalue weighted by Crippen LogP contribution is -2.54. The van der Waals surface area contributed by atoms with E-state index in [1.165, 1.54) is 24.3 Å². The largest absolute Gasteiger partial charge is 0.354 e. The summed E-state index contributed by atoms with van der Waals surface area (Å²) in [5.74, 6) is 3.48. The van der Waals surface area contributed by atoms with Crippen molar-refractivity contribution in [2.45, 2.75) is 51.0 Å². The van der Waals surface area contributed by atoms with Crippen LogP contribution in [0, 0.1) is 5.92 Å². The molecule has 4 heteroatoms. The van der Waals surface area contributed by atoms with Gasteiger partial charge in [0.15, 0.2) is 0 Å². The molecule has 0 bridgehead atoms. The monoisotopic (exact) mass is 270 g/mol. The first kappa shape index (κ1) is 14.2. The Morgan fingerprint density at radius 1 is 1.44 bits per heavy atom. The normalized spacial score (nSPS) is 29.4. The number of rotatable bonds is 5. The summed E-state index contributed by atoms with van der Waals surface area (Å²) in [6, 6.07) is 0. The molecule has 2 rings (SSSR count). The van der Waals surface area contributed by atoms with Gasteiger partial charge in [-0.3, -0.25) is 4.79 Å². The smallest absolute Gasteiger partial charge is 0.240 e. The third-order valence-electron chi connectivity index (χ3n) is 4.25. The molecule has 2 aliphatic heterocycles. The molecule has 1 atom stereocenters. The second-order valence-corrected chi connectivity index (χ2v) is 6.85. The molecular formula is C14H26N2OS.